The average Bonchev–Trinajstić information content (AvgIpc) is 3.01. The van der Waals surface area contributed by atoms with Crippen molar-refractivity contribution in [1.29, 1.82) is 0 Å². The molecular formula is C18H15FN4O3. The molecule has 7 nitrogen and oxygen atoms in total. The monoisotopic (exact) mass is 354 g/mol. The van der Waals surface area contributed by atoms with Gasteiger partial charge in [0.15, 0.2) is 0 Å². The van der Waals surface area contributed by atoms with E-state index in [-0.39, 0.29) is 18.0 Å². The van der Waals surface area contributed by atoms with Crippen LogP contribution in [0.1, 0.15) is 11.4 Å². The number of halogens is 1. The molecule has 2 aromatic carbocycles. The molecular weight excluding hydrogens is 339 g/mol. The van der Waals surface area contributed by atoms with Crippen molar-refractivity contribution < 1.29 is 14.1 Å². The summed E-state index contributed by atoms with van der Waals surface area (Å²) in [5.41, 5.74) is 1.25. The van der Waals surface area contributed by atoms with Gasteiger partial charge in [0, 0.05) is 30.2 Å². The van der Waals surface area contributed by atoms with Gasteiger partial charge in [0.1, 0.15) is 11.6 Å². The Morgan fingerprint density at radius 1 is 1.27 bits per heavy atom. The van der Waals surface area contributed by atoms with Crippen LogP contribution in [0.5, 0.6) is 0 Å². The largest absolute Gasteiger partial charge is 0.326 e. The van der Waals surface area contributed by atoms with Gasteiger partial charge in [-0.15, -0.1) is 0 Å². The molecule has 3 rings (SSSR count). The van der Waals surface area contributed by atoms with Crippen LogP contribution in [-0.2, 0) is 11.2 Å². The van der Waals surface area contributed by atoms with E-state index in [9.17, 15) is 19.3 Å². The molecule has 0 aliphatic heterocycles. The molecule has 0 fully saturated rings. The van der Waals surface area contributed by atoms with Gasteiger partial charge in [-0.2, -0.15) is 0 Å². The van der Waals surface area contributed by atoms with Crippen LogP contribution in [-0.4, -0.2) is 20.4 Å². The molecule has 1 N–H and O–H groups in total. The topological polar surface area (TPSA) is 90.1 Å². The number of non-ortho nitro benzene ring substituents is 1. The van der Waals surface area contributed by atoms with E-state index in [2.05, 4.69) is 10.3 Å². The van der Waals surface area contributed by atoms with Gasteiger partial charge in [0.05, 0.1) is 17.0 Å². The number of carbonyl (C=O) groups is 1. The van der Waals surface area contributed by atoms with Crippen LogP contribution in [0.15, 0.2) is 54.9 Å². The summed E-state index contributed by atoms with van der Waals surface area (Å²) in [4.78, 5) is 26.3. The summed E-state index contributed by atoms with van der Waals surface area (Å²) in [6.45, 7) is 1.76. The summed E-state index contributed by atoms with van der Waals surface area (Å²) in [7, 11) is 0. The van der Waals surface area contributed by atoms with E-state index in [1.54, 1.807) is 36.0 Å². The number of anilines is 1. The van der Waals surface area contributed by atoms with Crippen LogP contribution < -0.4 is 5.32 Å². The normalized spacial score (nSPS) is 10.5. The highest BCUT2D eigenvalue weighted by Gasteiger charge is 2.11. The predicted molar refractivity (Wildman–Crippen MR) is 93.7 cm³/mol. The summed E-state index contributed by atoms with van der Waals surface area (Å²) in [5.74, 6) is -0.178. The summed E-state index contributed by atoms with van der Waals surface area (Å²) in [5, 5.41) is 13.2. The molecule has 3 aromatic rings. The van der Waals surface area contributed by atoms with Crippen molar-refractivity contribution in [2.75, 3.05) is 5.32 Å². The lowest BCUT2D eigenvalue weighted by atomic mass is 10.1. The Labute approximate surface area is 148 Å². The van der Waals surface area contributed by atoms with Gasteiger partial charge >= 0.3 is 0 Å². The minimum Gasteiger partial charge on any atom is -0.326 e. The van der Waals surface area contributed by atoms with E-state index in [1.807, 2.05) is 0 Å². The lowest BCUT2D eigenvalue weighted by Crippen LogP contribution is -2.14. The van der Waals surface area contributed by atoms with Crippen LogP contribution in [0.4, 0.5) is 15.8 Å². The van der Waals surface area contributed by atoms with Crippen molar-refractivity contribution in [3.8, 4) is 5.69 Å². The third-order valence-electron chi connectivity index (χ3n) is 3.83. The van der Waals surface area contributed by atoms with E-state index in [0.29, 0.717) is 22.8 Å². The zero-order valence-corrected chi connectivity index (χ0v) is 13.8. The number of rotatable bonds is 5. The number of aryl methyl sites for hydroxylation is 1. The number of amides is 1. The summed E-state index contributed by atoms with van der Waals surface area (Å²) >= 11 is 0. The van der Waals surface area contributed by atoms with E-state index in [1.165, 1.54) is 30.3 Å². The van der Waals surface area contributed by atoms with E-state index in [0.717, 1.165) is 0 Å². The number of imidazole rings is 1. The molecule has 1 heterocycles. The number of aromatic nitrogens is 2. The smallest absolute Gasteiger partial charge is 0.269 e. The van der Waals surface area contributed by atoms with Gasteiger partial charge in [-0.05, 0) is 30.7 Å². The summed E-state index contributed by atoms with van der Waals surface area (Å²) in [6, 6.07) is 10.1. The van der Waals surface area contributed by atoms with Crippen molar-refractivity contribution in [3.05, 3.63) is 82.2 Å². The zero-order chi connectivity index (χ0) is 18.7. The highest BCUT2D eigenvalue weighted by Crippen LogP contribution is 2.20. The van der Waals surface area contributed by atoms with Crippen LogP contribution in [0.3, 0.4) is 0 Å². The van der Waals surface area contributed by atoms with Gasteiger partial charge in [0.25, 0.3) is 5.69 Å². The Bertz CT molecular complexity index is 967. The molecule has 8 heteroatoms. The number of nitrogens with zero attached hydrogens (tertiary/aromatic N) is 3. The van der Waals surface area contributed by atoms with Gasteiger partial charge < -0.3 is 9.88 Å². The number of hydrogen-bond donors (Lipinski definition) is 1. The van der Waals surface area contributed by atoms with Crippen molar-refractivity contribution in [2.45, 2.75) is 13.3 Å². The maximum atomic E-state index is 14.3. The van der Waals surface area contributed by atoms with E-state index >= 15 is 0 Å². The zero-order valence-electron chi connectivity index (χ0n) is 13.8. The molecule has 0 bridgehead atoms. The molecule has 0 aliphatic rings. The molecule has 1 amide bonds. The lowest BCUT2D eigenvalue weighted by molar-refractivity contribution is -0.384. The van der Waals surface area contributed by atoms with Gasteiger partial charge in [-0.1, -0.05) is 12.1 Å². The minimum absolute atomic E-state index is 0.0298. The molecule has 0 unspecified atom stereocenters. The highest BCUT2D eigenvalue weighted by molar-refractivity contribution is 5.92. The maximum absolute atomic E-state index is 14.3. The van der Waals surface area contributed by atoms with Crippen molar-refractivity contribution >= 4 is 17.3 Å². The standard InChI is InChI=1S/C18H15FN4O3/c1-12-20-8-9-22(12)17-7-4-14(11-16(17)19)21-18(24)10-13-2-5-15(6-3-13)23(25)26/h2-9,11H,10H2,1H3,(H,21,24). The number of nitrogens with one attached hydrogen (secondary N) is 1. The fourth-order valence-electron chi connectivity index (χ4n) is 2.54. The number of benzene rings is 2. The summed E-state index contributed by atoms with van der Waals surface area (Å²) < 4.78 is 15.9. The average molecular weight is 354 g/mol. The Morgan fingerprint density at radius 3 is 2.58 bits per heavy atom. The molecule has 0 saturated carbocycles. The van der Waals surface area contributed by atoms with E-state index in [4.69, 9.17) is 0 Å². The molecule has 0 spiro atoms. The molecule has 0 aliphatic carbocycles. The Kier molecular flexibility index (Phi) is 4.74. The molecule has 0 atom stereocenters. The van der Waals surface area contributed by atoms with Crippen LogP contribution in [0, 0.1) is 22.9 Å². The quantitative estimate of drug-likeness (QED) is 0.561. The summed E-state index contributed by atoms with van der Waals surface area (Å²) in [6.07, 6.45) is 3.26. The first kappa shape index (κ1) is 17.3. The lowest BCUT2D eigenvalue weighted by Gasteiger charge is -2.10. The Morgan fingerprint density at radius 2 is 2.00 bits per heavy atom. The van der Waals surface area contributed by atoms with Crippen LogP contribution in [0.25, 0.3) is 5.69 Å². The van der Waals surface area contributed by atoms with E-state index < -0.39 is 10.7 Å². The number of hydrogen-bond acceptors (Lipinski definition) is 4. The number of carbonyl (C=O) groups excluding carboxylic acids is 1. The number of nitro groups is 1. The fraction of sp³-hybridized carbons (Fsp3) is 0.111. The molecule has 0 saturated heterocycles. The SMILES string of the molecule is Cc1nccn1-c1ccc(NC(=O)Cc2ccc([N+](=O)[O-])cc2)cc1F. The first-order chi connectivity index (χ1) is 12.4. The van der Waals surface area contributed by atoms with Crippen LogP contribution >= 0.6 is 0 Å². The second kappa shape index (κ2) is 7.14. The van der Waals surface area contributed by atoms with Gasteiger partial charge in [-0.3, -0.25) is 14.9 Å². The molecule has 26 heavy (non-hydrogen) atoms. The Balaban J connectivity index is 1.68. The minimum atomic E-state index is -0.504. The first-order valence-corrected chi connectivity index (χ1v) is 7.77. The van der Waals surface area contributed by atoms with Crippen molar-refractivity contribution in [1.82, 2.24) is 9.55 Å². The Hall–Kier alpha value is -3.55. The maximum Gasteiger partial charge on any atom is 0.269 e. The predicted octanol–water partition coefficient (Wildman–Crippen LogP) is 3.41. The third-order valence-corrected chi connectivity index (χ3v) is 3.83. The number of nitro benzene ring substituents is 1. The van der Waals surface area contributed by atoms with Crippen LogP contribution in [0.2, 0.25) is 0 Å². The van der Waals surface area contributed by atoms with Gasteiger partial charge in [0.2, 0.25) is 5.91 Å². The third kappa shape index (κ3) is 3.75. The molecule has 132 valence electrons. The van der Waals surface area contributed by atoms with Crippen molar-refractivity contribution in [3.63, 3.8) is 0 Å². The second-order valence-electron chi connectivity index (χ2n) is 5.66. The second-order valence-corrected chi connectivity index (χ2v) is 5.66. The molecule has 1 aromatic heterocycles. The molecule has 0 radical (unpaired) electrons. The highest BCUT2D eigenvalue weighted by atomic mass is 19.1. The fourth-order valence-corrected chi connectivity index (χ4v) is 2.54. The van der Waals surface area contributed by atoms with Gasteiger partial charge in [-0.25, -0.2) is 9.37 Å². The van der Waals surface area contributed by atoms with Crippen molar-refractivity contribution in [2.24, 2.45) is 0 Å². The first-order valence-electron chi connectivity index (χ1n) is 7.77.